The average Bonchev–Trinajstić information content (AvgIpc) is 2.76. The number of rotatable bonds is 1. The molecule has 100 valence electrons. The molecule has 20 heavy (non-hydrogen) atoms. The molecule has 0 spiro atoms. The van der Waals surface area contributed by atoms with Crippen LogP contribution in [-0.2, 0) is 7.05 Å². The molecule has 0 radical (unpaired) electrons. The van der Waals surface area contributed by atoms with E-state index in [4.69, 9.17) is 0 Å². The van der Waals surface area contributed by atoms with E-state index >= 15 is 0 Å². The third-order valence-electron chi connectivity index (χ3n) is 3.22. The maximum absolute atomic E-state index is 11.8. The fourth-order valence-electron chi connectivity index (χ4n) is 2.13. The van der Waals surface area contributed by atoms with Gasteiger partial charge in [-0.25, -0.2) is 4.98 Å². The second kappa shape index (κ2) is 4.45. The topological polar surface area (TPSA) is 68.0 Å². The molecule has 0 unspecified atom stereocenters. The minimum atomic E-state index is -0.417. The average molecular weight is 267 g/mol. The Morgan fingerprint density at radius 2 is 2.00 bits per heavy atom. The van der Waals surface area contributed by atoms with Crippen LogP contribution in [0.15, 0.2) is 41.3 Å². The molecular formula is C15H13N3O2. The zero-order valence-corrected chi connectivity index (χ0v) is 11.2. The first kappa shape index (κ1) is 12.3. The van der Waals surface area contributed by atoms with E-state index < -0.39 is 5.43 Å². The number of hydrogen-bond acceptors (Lipinski definition) is 4. The van der Waals surface area contributed by atoms with Gasteiger partial charge in [0.1, 0.15) is 0 Å². The first-order chi connectivity index (χ1) is 9.56. The van der Waals surface area contributed by atoms with Gasteiger partial charge in [-0.15, -0.1) is 0 Å². The fourth-order valence-corrected chi connectivity index (χ4v) is 2.13. The van der Waals surface area contributed by atoms with E-state index in [0.29, 0.717) is 16.9 Å². The number of fused-ring (bicyclic) bond motifs is 1. The summed E-state index contributed by atoms with van der Waals surface area (Å²) in [7, 11) is 1.80. The fraction of sp³-hybridized carbons (Fsp3) is 0.133. The van der Waals surface area contributed by atoms with Gasteiger partial charge in [-0.05, 0) is 31.2 Å². The van der Waals surface area contributed by atoms with Crippen LogP contribution < -0.4 is 5.43 Å². The first-order valence-electron chi connectivity index (χ1n) is 6.19. The number of nitrogens with zero attached hydrogens (tertiary/aromatic N) is 3. The van der Waals surface area contributed by atoms with E-state index in [2.05, 4.69) is 10.1 Å². The van der Waals surface area contributed by atoms with Crippen LogP contribution in [0.2, 0.25) is 0 Å². The van der Waals surface area contributed by atoms with Crippen LogP contribution in [0.5, 0.6) is 5.75 Å². The lowest BCUT2D eigenvalue weighted by Gasteiger charge is -2.02. The van der Waals surface area contributed by atoms with E-state index in [1.807, 2.05) is 13.0 Å². The Balaban J connectivity index is 2.33. The van der Waals surface area contributed by atoms with Crippen molar-refractivity contribution in [3.05, 3.63) is 52.3 Å². The second-order valence-corrected chi connectivity index (χ2v) is 4.73. The summed E-state index contributed by atoms with van der Waals surface area (Å²) in [5, 5.41) is 15.1. The highest BCUT2D eigenvalue weighted by molar-refractivity contribution is 5.79. The predicted molar refractivity (Wildman–Crippen MR) is 76.6 cm³/mol. The van der Waals surface area contributed by atoms with Crippen molar-refractivity contribution in [3.63, 3.8) is 0 Å². The molecule has 0 amide bonds. The number of aromatic hydroxyl groups is 1. The number of pyridine rings is 1. The van der Waals surface area contributed by atoms with Crippen molar-refractivity contribution >= 4 is 11.0 Å². The monoisotopic (exact) mass is 267 g/mol. The van der Waals surface area contributed by atoms with Crippen molar-refractivity contribution in [2.75, 3.05) is 0 Å². The molecular weight excluding hydrogens is 254 g/mol. The van der Waals surface area contributed by atoms with Gasteiger partial charge in [-0.2, -0.15) is 5.10 Å². The maximum Gasteiger partial charge on any atom is 0.220 e. The Bertz CT molecular complexity index is 869. The molecule has 0 atom stereocenters. The van der Waals surface area contributed by atoms with Gasteiger partial charge in [0, 0.05) is 18.0 Å². The van der Waals surface area contributed by atoms with Crippen LogP contribution in [0, 0.1) is 6.92 Å². The van der Waals surface area contributed by atoms with Gasteiger partial charge in [0.05, 0.1) is 11.9 Å². The van der Waals surface area contributed by atoms with Crippen LogP contribution in [0.4, 0.5) is 0 Å². The van der Waals surface area contributed by atoms with E-state index in [1.165, 1.54) is 6.07 Å². The van der Waals surface area contributed by atoms with Gasteiger partial charge in [0.15, 0.2) is 11.4 Å². The molecule has 0 bridgehead atoms. The normalized spacial score (nSPS) is 10.9. The zero-order valence-electron chi connectivity index (χ0n) is 11.2. The molecule has 5 heteroatoms. The lowest BCUT2D eigenvalue weighted by Crippen LogP contribution is -1.97. The van der Waals surface area contributed by atoms with Gasteiger partial charge in [-0.1, -0.05) is 11.6 Å². The lowest BCUT2D eigenvalue weighted by atomic mass is 10.1. The Morgan fingerprint density at radius 1 is 1.20 bits per heavy atom. The molecule has 3 rings (SSSR count). The van der Waals surface area contributed by atoms with Gasteiger partial charge in [0.2, 0.25) is 5.43 Å². The standard InChI is InChI=1S/C15H13N3O2/c1-9-3-6-13(19)14(20)11(7-9)12-5-4-10-8-16-18(2)15(10)17-12/h3-8H,1-2H3,(H,19,20). The van der Waals surface area contributed by atoms with E-state index in [1.54, 1.807) is 36.1 Å². The van der Waals surface area contributed by atoms with Crippen LogP contribution >= 0.6 is 0 Å². The minimum absolute atomic E-state index is 0.285. The molecule has 0 aliphatic carbocycles. The van der Waals surface area contributed by atoms with E-state index in [0.717, 1.165) is 10.9 Å². The minimum Gasteiger partial charge on any atom is -0.504 e. The molecule has 0 fully saturated rings. The molecule has 1 aromatic carbocycles. The SMILES string of the molecule is Cc1ccc(=O)c(O)c(-c2ccc3cnn(C)c3n2)c1. The summed E-state index contributed by atoms with van der Waals surface area (Å²) in [4.78, 5) is 16.2. The molecule has 5 nitrogen and oxygen atoms in total. The van der Waals surface area contributed by atoms with Gasteiger partial charge in [-0.3, -0.25) is 9.48 Å². The second-order valence-electron chi connectivity index (χ2n) is 4.73. The number of aryl methyl sites for hydroxylation is 2. The Hall–Kier alpha value is -2.69. The molecule has 0 aliphatic rings. The van der Waals surface area contributed by atoms with Gasteiger partial charge < -0.3 is 5.11 Å². The summed E-state index contributed by atoms with van der Waals surface area (Å²) in [6.45, 7) is 1.87. The summed E-state index contributed by atoms with van der Waals surface area (Å²) in [6.07, 6.45) is 1.72. The Kier molecular flexibility index (Phi) is 2.75. The molecule has 0 aliphatic heterocycles. The van der Waals surface area contributed by atoms with Crippen LogP contribution in [-0.4, -0.2) is 19.9 Å². The molecule has 2 aromatic heterocycles. The molecule has 0 saturated heterocycles. The lowest BCUT2D eigenvalue weighted by molar-refractivity contribution is 0.473. The highest BCUT2D eigenvalue weighted by atomic mass is 16.3. The first-order valence-corrected chi connectivity index (χ1v) is 6.19. The third-order valence-corrected chi connectivity index (χ3v) is 3.22. The predicted octanol–water partition coefficient (Wildman–Crippen LogP) is 2.01. The smallest absolute Gasteiger partial charge is 0.220 e. The highest BCUT2D eigenvalue weighted by Crippen LogP contribution is 2.26. The number of aromatic nitrogens is 3. The van der Waals surface area contributed by atoms with Gasteiger partial charge in [0.25, 0.3) is 0 Å². The number of hydrogen-bond donors (Lipinski definition) is 1. The maximum atomic E-state index is 11.8. The van der Waals surface area contributed by atoms with E-state index in [9.17, 15) is 9.90 Å². The van der Waals surface area contributed by atoms with Gasteiger partial charge >= 0.3 is 0 Å². The van der Waals surface area contributed by atoms with Crippen LogP contribution in [0.1, 0.15) is 5.56 Å². The molecule has 0 saturated carbocycles. The quantitative estimate of drug-likeness (QED) is 0.732. The molecule has 2 heterocycles. The van der Waals surface area contributed by atoms with Crippen LogP contribution in [0.25, 0.3) is 22.3 Å². The Morgan fingerprint density at radius 3 is 2.80 bits per heavy atom. The van der Waals surface area contributed by atoms with E-state index in [-0.39, 0.29) is 5.75 Å². The third kappa shape index (κ3) is 1.93. The van der Waals surface area contributed by atoms with Crippen molar-refractivity contribution in [3.8, 4) is 17.0 Å². The van der Waals surface area contributed by atoms with Crippen molar-refractivity contribution in [1.29, 1.82) is 0 Å². The summed E-state index contributed by atoms with van der Waals surface area (Å²) in [5.74, 6) is -0.285. The highest BCUT2D eigenvalue weighted by Gasteiger charge is 2.10. The molecule has 3 aromatic rings. The van der Waals surface area contributed by atoms with Crippen molar-refractivity contribution in [2.45, 2.75) is 6.92 Å². The molecule has 1 N–H and O–H groups in total. The van der Waals surface area contributed by atoms with Crippen LogP contribution in [0.3, 0.4) is 0 Å². The summed E-state index contributed by atoms with van der Waals surface area (Å²) >= 11 is 0. The largest absolute Gasteiger partial charge is 0.504 e. The Labute approximate surface area is 115 Å². The zero-order chi connectivity index (χ0) is 14.3. The van der Waals surface area contributed by atoms with Crippen molar-refractivity contribution in [1.82, 2.24) is 14.8 Å². The summed E-state index contributed by atoms with van der Waals surface area (Å²) < 4.78 is 1.66. The summed E-state index contributed by atoms with van der Waals surface area (Å²) in [5.41, 5.74) is 2.15. The van der Waals surface area contributed by atoms with Crippen molar-refractivity contribution in [2.24, 2.45) is 7.05 Å². The summed E-state index contributed by atoms with van der Waals surface area (Å²) in [6, 6.07) is 8.43. The van der Waals surface area contributed by atoms with Crippen molar-refractivity contribution < 1.29 is 5.11 Å².